The molecule has 0 aliphatic rings. The Balaban J connectivity index is 2.14. The molecule has 0 spiro atoms. The molecule has 19 heavy (non-hydrogen) atoms. The fourth-order valence-corrected chi connectivity index (χ4v) is 3.14. The highest BCUT2D eigenvalue weighted by atomic mass is 79.9. The van der Waals surface area contributed by atoms with Gasteiger partial charge in [0, 0.05) is 6.26 Å². The summed E-state index contributed by atoms with van der Waals surface area (Å²) in [6.07, 6.45) is 2.40. The fraction of sp³-hybridized carbons (Fsp3) is 0.0909. The molecule has 0 unspecified atom stereocenters. The average molecular weight is 361 g/mol. The molecule has 0 radical (unpaired) electrons. The Morgan fingerprint density at radius 1 is 1.32 bits per heavy atom. The van der Waals surface area contributed by atoms with E-state index in [2.05, 4.69) is 26.2 Å². The molecule has 0 saturated carbocycles. The summed E-state index contributed by atoms with van der Waals surface area (Å²) in [6.45, 7) is 0. The number of aromatic nitrogens is 1. The van der Waals surface area contributed by atoms with Gasteiger partial charge >= 0.3 is 0 Å². The van der Waals surface area contributed by atoms with Crippen molar-refractivity contribution in [3.05, 3.63) is 39.1 Å². The number of carbonyl (C=O) groups is 1. The lowest BCUT2D eigenvalue weighted by molar-refractivity contribution is 0.103. The van der Waals surface area contributed by atoms with Crippen LogP contribution in [-0.2, 0) is 9.84 Å². The zero-order chi connectivity index (χ0) is 14.0. The van der Waals surface area contributed by atoms with Crippen LogP contribution in [0.25, 0.3) is 0 Å². The van der Waals surface area contributed by atoms with Gasteiger partial charge in [-0.15, -0.1) is 11.3 Å². The number of sulfone groups is 1. The summed E-state index contributed by atoms with van der Waals surface area (Å²) >= 11 is 4.59. The number of nitrogens with zero attached hydrogens (tertiary/aromatic N) is 1. The van der Waals surface area contributed by atoms with Crippen molar-refractivity contribution in [2.45, 2.75) is 5.03 Å². The third kappa shape index (κ3) is 3.62. The van der Waals surface area contributed by atoms with Gasteiger partial charge in [-0.3, -0.25) is 4.79 Å². The second-order valence-corrected chi connectivity index (χ2v) is 8.14. The highest BCUT2D eigenvalue weighted by Gasteiger charge is 2.11. The summed E-state index contributed by atoms with van der Waals surface area (Å²) in [4.78, 5) is 16.2. The molecular formula is C11H9BrN2O3S2. The van der Waals surface area contributed by atoms with E-state index >= 15 is 0 Å². The molecule has 5 nitrogen and oxygen atoms in total. The number of pyridine rings is 1. The third-order valence-electron chi connectivity index (χ3n) is 2.17. The Kier molecular flexibility index (Phi) is 4.02. The van der Waals surface area contributed by atoms with E-state index in [0.717, 1.165) is 10.0 Å². The first-order valence-corrected chi connectivity index (χ1v) is 8.59. The Hall–Kier alpha value is -1.25. The topological polar surface area (TPSA) is 76.1 Å². The molecule has 2 aromatic heterocycles. The second-order valence-electron chi connectivity index (χ2n) is 3.72. The molecule has 2 heterocycles. The van der Waals surface area contributed by atoms with Crippen molar-refractivity contribution in [3.63, 3.8) is 0 Å². The number of rotatable bonds is 3. The first-order valence-electron chi connectivity index (χ1n) is 5.09. The van der Waals surface area contributed by atoms with Crippen molar-refractivity contribution in [1.82, 2.24) is 4.98 Å². The number of nitrogens with one attached hydrogen (secondary N) is 1. The summed E-state index contributed by atoms with van der Waals surface area (Å²) in [5.41, 5.74) is 0.446. The molecule has 0 fully saturated rings. The SMILES string of the molecule is CS(=O)(=O)c1ccc(NC(=O)c2ccc(Br)s2)cn1. The van der Waals surface area contributed by atoms with E-state index in [1.54, 1.807) is 12.1 Å². The summed E-state index contributed by atoms with van der Waals surface area (Å²) in [7, 11) is -3.32. The van der Waals surface area contributed by atoms with Gasteiger partial charge < -0.3 is 5.32 Å². The number of halogens is 1. The maximum absolute atomic E-state index is 11.8. The second kappa shape index (κ2) is 5.40. The smallest absolute Gasteiger partial charge is 0.265 e. The van der Waals surface area contributed by atoms with E-state index in [4.69, 9.17) is 0 Å². The minimum Gasteiger partial charge on any atom is -0.320 e. The molecule has 0 aromatic carbocycles. The lowest BCUT2D eigenvalue weighted by Gasteiger charge is -2.03. The molecule has 1 amide bonds. The van der Waals surface area contributed by atoms with Crippen molar-refractivity contribution in [2.75, 3.05) is 11.6 Å². The van der Waals surface area contributed by atoms with Gasteiger partial charge in [0.1, 0.15) is 0 Å². The van der Waals surface area contributed by atoms with Gasteiger partial charge in [0.25, 0.3) is 5.91 Å². The van der Waals surface area contributed by atoms with Crippen LogP contribution in [0, 0.1) is 0 Å². The fourth-order valence-electron chi connectivity index (χ4n) is 1.30. The van der Waals surface area contributed by atoms with Gasteiger partial charge in [-0.25, -0.2) is 13.4 Å². The first kappa shape index (κ1) is 14.2. The van der Waals surface area contributed by atoms with E-state index in [1.807, 2.05) is 0 Å². The molecular weight excluding hydrogens is 352 g/mol. The standard InChI is InChI=1S/C11H9BrN2O3S2/c1-19(16,17)10-5-2-7(6-13-10)14-11(15)8-3-4-9(12)18-8/h2-6H,1H3,(H,14,15). The predicted octanol–water partition coefficient (Wildman–Crippen LogP) is 2.56. The maximum Gasteiger partial charge on any atom is 0.265 e. The van der Waals surface area contributed by atoms with Gasteiger partial charge in [-0.05, 0) is 40.2 Å². The average Bonchev–Trinajstić information content (AvgIpc) is 2.75. The van der Waals surface area contributed by atoms with Crippen LogP contribution in [0.2, 0.25) is 0 Å². The zero-order valence-corrected chi connectivity index (χ0v) is 13.0. The lowest BCUT2D eigenvalue weighted by atomic mass is 10.4. The number of amides is 1. The van der Waals surface area contributed by atoms with Gasteiger partial charge in [0.05, 0.1) is 20.5 Å². The largest absolute Gasteiger partial charge is 0.320 e. The number of hydrogen-bond donors (Lipinski definition) is 1. The number of thiophene rings is 1. The van der Waals surface area contributed by atoms with Gasteiger partial charge in [-0.1, -0.05) is 0 Å². The Labute approximate surface area is 122 Å². The molecule has 0 atom stereocenters. The van der Waals surface area contributed by atoms with E-state index in [1.165, 1.54) is 29.7 Å². The van der Waals surface area contributed by atoms with Crippen LogP contribution in [0.3, 0.4) is 0 Å². The van der Waals surface area contributed by atoms with E-state index in [9.17, 15) is 13.2 Å². The van der Waals surface area contributed by atoms with Crippen LogP contribution in [0.15, 0.2) is 39.3 Å². The minimum absolute atomic E-state index is 0.0237. The number of carbonyl (C=O) groups excluding carboxylic acids is 1. The highest BCUT2D eigenvalue weighted by Crippen LogP contribution is 2.23. The van der Waals surface area contributed by atoms with E-state index < -0.39 is 9.84 Å². The van der Waals surface area contributed by atoms with Gasteiger partial charge in [0.15, 0.2) is 14.9 Å². The molecule has 100 valence electrons. The monoisotopic (exact) mass is 360 g/mol. The Bertz CT molecular complexity index is 708. The Morgan fingerprint density at radius 3 is 2.53 bits per heavy atom. The van der Waals surface area contributed by atoms with Crippen molar-refractivity contribution in [1.29, 1.82) is 0 Å². The first-order chi connectivity index (χ1) is 8.86. The number of hydrogen-bond acceptors (Lipinski definition) is 5. The van der Waals surface area contributed by atoms with Crippen LogP contribution >= 0.6 is 27.3 Å². The molecule has 2 rings (SSSR count). The number of anilines is 1. The molecule has 0 aliphatic carbocycles. The van der Waals surface area contributed by atoms with E-state index in [0.29, 0.717) is 10.6 Å². The van der Waals surface area contributed by atoms with Crippen molar-refractivity contribution >= 4 is 48.7 Å². The van der Waals surface area contributed by atoms with Crippen LogP contribution in [-0.4, -0.2) is 25.6 Å². The molecule has 1 N–H and O–H groups in total. The summed E-state index contributed by atoms with van der Waals surface area (Å²) in [5.74, 6) is -0.260. The van der Waals surface area contributed by atoms with Gasteiger partial charge in [0.2, 0.25) is 0 Å². The molecule has 0 bridgehead atoms. The minimum atomic E-state index is -3.32. The van der Waals surface area contributed by atoms with Crippen LogP contribution in [0.5, 0.6) is 0 Å². The maximum atomic E-state index is 11.8. The molecule has 0 aliphatic heterocycles. The van der Waals surface area contributed by atoms with Crippen LogP contribution in [0.1, 0.15) is 9.67 Å². The highest BCUT2D eigenvalue weighted by molar-refractivity contribution is 9.11. The third-order valence-corrected chi connectivity index (χ3v) is 4.79. The van der Waals surface area contributed by atoms with Crippen molar-refractivity contribution in [3.8, 4) is 0 Å². The molecule has 2 aromatic rings. The molecule has 0 saturated heterocycles. The van der Waals surface area contributed by atoms with Crippen LogP contribution in [0.4, 0.5) is 5.69 Å². The molecule has 8 heteroatoms. The quantitative estimate of drug-likeness (QED) is 0.912. The van der Waals surface area contributed by atoms with Gasteiger partial charge in [-0.2, -0.15) is 0 Å². The Morgan fingerprint density at radius 2 is 2.05 bits per heavy atom. The summed E-state index contributed by atoms with van der Waals surface area (Å²) in [6, 6.07) is 6.34. The van der Waals surface area contributed by atoms with Crippen molar-refractivity contribution < 1.29 is 13.2 Å². The van der Waals surface area contributed by atoms with Crippen LogP contribution < -0.4 is 5.32 Å². The normalized spacial score (nSPS) is 11.3. The summed E-state index contributed by atoms with van der Waals surface area (Å²) in [5, 5.41) is 2.62. The van der Waals surface area contributed by atoms with Crippen molar-refractivity contribution in [2.24, 2.45) is 0 Å². The van der Waals surface area contributed by atoms with E-state index in [-0.39, 0.29) is 10.9 Å². The lowest BCUT2D eigenvalue weighted by Crippen LogP contribution is -2.10. The zero-order valence-electron chi connectivity index (χ0n) is 9.75. The predicted molar refractivity (Wildman–Crippen MR) is 77.3 cm³/mol. The summed E-state index contributed by atoms with van der Waals surface area (Å²) < 4.78 is 23.3.